The lowest BCUT2D eigenvalue weighted by Gasteiger charge is -2.37. The van der Waals surface area contributed by atoms with Crippen LogP contribution in [0.4, 0.5) is 0 Å². The SMILES string of the molecule is CN(C)CCN(CCN1CCC(C(C(N)=O)(c2ccccc2)c2ccccc2)C1)Cc1ccccc1. The van der Waals surface area contributed by atoms with Gasteiger partial charge in [-0.1, -0.05) is 91.0 Å². The molecule has 1 aliphatic heterocycles. The highest BCUT2D eigenvalue weighted by molar-refractivity contribution is 5.91. The summed E-state index contributed by atoms with van der Waals surface area (Å²) in [6.07, 6.45) is 0.948. The van der Waals surface area contributed by atoms with Gasteiger partial charge in [-0.25, -0.2) is 0 Å². The lowest BCUT2D eigenvalue weighted by Crippen LogP contribution is -2.49. The van der Waals surface area contributed by atoms with Crippen molar-refractivity contribution in [2.24, 2.45) is 11.7 Å². The maximum atomic E-state index is 13.3. The topological polar surface area (TPSA) is 52.8 Å². The van der Waals surface area contributed by atoms with Crippen molar-refractivity contribution >= 4 is 5.91 Å². The zero-order chi connectivity index (χ0) is 25.4. The molecule has 1 fully saturated rings. The summed E-state index contributed by atoms with van der Waals surface area (Å²) in [5.41, 5.74) is 8.77. The summed E-state index contributed by atoms with van der Waals surface area (Å²) in [5, 5.41) is 0. The van der Waals surface area contributed by atoms with Gasteiger partial charge in [0.15, 0.2) is 0 Å². The van der Waals surface area contributed by atoms with E-state index in [-0.39, 0.29) is 11.8 Å². The van der Waals surface area contributed by atoms with Crippen molar-refractivity contribution in [3.05, 3.63) is 108 Å². The number of hydrogen-bond acceptors (Lipinski definition) is 4. The van der Waals surface area contributed by atoms with Crippen LogP contribution in [-0.2, 0) is 16.8 Å². The van der Waals surface area contributed by atoms with Crippen LogP contribution in [0.25, 0.3) is 0 Å². The maximum Gasteiger partial charge on any atom is 0.232 e. The Labute approximate surface area is 216 Å². The molecule has 1 amide bonds. The molecular weight excluding hydrogens is 444 g/mol. The van der Waals surface area contributed by atoms with Gasteiger partial charge in [0.2, 0.25) is 5.91 Å². The number of carbonyl (C=O) groups excluding carboxylic acids is 1. The minimum Gasteiger partial charge on any atom is -0.369 e. The van der Waals surface area contributed by atoms with Gasteiger partial charge in [-0.15, -0.1) is 0 Å². The third-order valence-corrected chi connectivity index (χ3v) is 7.58. The number of likely N-dealkylation sites (tertiary alicyclic amines) is 1. The highest BCUT2D eigenvalue weighted by Gasteiger charge is 2.49. The van der Waals surface area contributed by atoms with Gasteiger partial charge in [0.25, 0.3) is 0 Å². The fourth-order valence-electron chi connectivity index (χ4n) is 5.65. The fraction of sp³-hybridized carbons (Fsp3) is 0.387. The molecule has 0 saturated carbocycles. The van der Waals surface area contributed by atoms with Gasteiger partial charge in [-0.3, -0.25) is 9.69 Å². The summed E-state index contributed by atoms with van der Waals surface area (Å²) in [5.74, 6) is -0.132. The molecule has 5 nitrogen and oxygen atoms in total. The second kappa shape index (κ2) is 12.3. The Hall–Kier alpha value is -2.99. The molecule has 3 aromatic rings. The van der Waals surface area contributed by atoms with Crippen LogP contribution in [0.15, 0.2) is 91.0 Å². The molecular formula is C31H40N4O. The van der Waals surface area contributed by atoms with E-state index in [1.165, 1.54) is 5.56 Å². The predicted molar refractivity (Wildman–Crippen MR) is 148 cm³/mol. The Morgan fingerprint density at radius 3 is 1.94 bits per heavy atom. The molecule has 1 saturated heterocycles. The molecule has 4 rings (SSSR count). The zero-order valence-electron chi connectivity index (χ0n) is 21.7. The lowest BCUT2D eigenvalue weighted by molar-refractivity contribution is -0.123. The number of primary amides is 1. The summed E-state index contributed by atoms with van der Waals surface area (Å²) in [4.78, 5) is 20.6. The summed E-state index contributed by atoms with van der Waals surface area (Å²) >= 11 is 0. The first kappa shape index (κ1) is 26.1. The van der Waals surface area contributed by atoms with E-state index in [0.717, 1.165) is 63.4 Å². The fourth-order valence-corrected chi connectivity index (χ4v) is 5.65. The molecule has 1 aliphatic rings. The van der Waals surface area contributed by atoms with Crippen molar-refractivity contribution in [1.29, 1.82) is 0 Å². The quantitative estimate of drug-likeness (QED) is 0.424. The average molecular weight is 485 g/mol. The largest absolute Gasteiger partial charge is 0.369 e. The van der Waals surface area contributed by atoms with Crippen LogP contribution < -0.4 is 5.73 Å². The van der Waals surface area contributed by atoms with E-state index < -0.39 is 5.41 Å². The molecule has 0 bridgehead atoms. The highest BCUT2D eigenvalue weighted by atomic mass is 16.1. The van der Waals surface area contributed by atoms with Gasteiger partial charge < -0.3 is 15.5 Å². The maximum absolute atomic E-state index is 13.3. The van der Waals surface area contributed by atoms with Gasteiger partial charge in [0, 0.05) is 39.3 Å². The molecule has 0 radical (unpaired) electrons. The predicted octanol–water partition coefficient (Wildman–Crippen LogP) is 3.84. The van der Waals surface area contributed by atoms with Crippen molar-refractivity contribution in [1.82, 2.24) is 14.7 Å². The summed E-state index contributed by atoms with van der Waals surface area (Å²) in [6, 6.07) is 31.0. The van der Waals surface area contributed by atoms with E-state index in [0.29, 0.717) is 0 Å². The number of nitrogens with zero attached hydrogens (tertiary/aromatic N) is 3. The molecule has 190 valence electrons. The molecule has 0 aliphatic carbocycles. The molecule has 1 atom stereocenters. The number of nitrogens with two attached hydrogens (primary N) is 1. The third-order valence-electron chi connectivity index (χ3n) is 7.58. The standard InChI is InChI=1S/C31H40N4O/c1-33(2)20-21-35(24-26-12-6-3-7-13-26)23-22-34-19-18-29(25-34)31(30(32)36,27-14-8-4-9-15-27)28-16-10-5-11-17-28/h3-17,29H,18-25H2,1-2H3,(H2,32,36). The molecule has 5 heteroatoms. The number of carbonyl (C=O) groups is 1. The van der Waals surface area contributed by atoms with Gasteiger partial charge in [0.05, 0.1) is 0 Å². The average Bonchev–Trinajstić information content (AvgIpc) is 3.37. The second-order valence-corrected chi connectivity index (χ2v) is 10.3. The molecule has 0 aromatic heterocycles. The van der Waals surface area contributed by atoms with Crippen molar-refractivity contribution in [2.45, 2.75) is 18.4 Å². The van der Waals surface area contributed by atoms with Crippen LogP contribution in [0.2, 0.25) is 0 Å². The normalized spacial score (nSPS) is 16.6. The van der Waals surface area contributed by atoms with Crippen molar-refractivity contribution in [3.8, 4) is 0 Å². The highest BCUT2D eigenvalue weighted by Crippen LogP contribution is 2.43. The first-order valence-corrected chi connectivity index (χ1v) is 13.0. The van der Waals surface area contributed by atoms with Crippen LogP contribution in [0, 0.1) is 5.92 Å². The van der Waals surface area contributed by atoms with E-state index in [9.17, 15) is 4.79 Å². The van der Waals surface area contributed by atoms with E-state index in [1.54, 1.807) is 0 Å². The smallest absolute Gasteiger partial charge is 0.232 e. The van der Waals surface area contributed by atoms with Crippen LogP contribution in [0.3, 0.4) is 0 Å². The molecule has 1 unspecified atom stereocenters. The molecule has 1 heterocycles. The monoisotopic (exact) mass is 484 g/mol. The number of benzene rings is 3. The summed E-state index contributed by atoms with van der Waals surface area (Å²) in [6.45, 7) is 6.82. The van der Waals surface area contributed by atoms with Crippen LogP contribution >= 0.6 is 0 Å². The van der Waals surface area contributed by atoms with Gasteiger partial charge in [-0.2, -0.15) is 0 Å². The number of amides is 1. The van der Waals surface area contributed by atoms with Gasteiger partial charge in [-0.05, 0) is 49.7 Å². The lowest BCUT2D eigenvalue weighted by atomic mass is 9.64. The van der Waals surface area contributed by atoms with Crippen LogP contribution in [0.1, 0.15) is 23.1 Å². The summed E-state index contributed by atoms with van der Waals surface area (Å²) < 4.78 is 0. The number of likely N-dealkylation sites (N-methyl/N-ethyl adjacent to an activating group) is 1. The van der Waals surface area contributed by atoms with Gasteiger partial charge in [0.1, 0.15) is 5.41 Å². The Morgan fingerprint density at radius 2 is 1.42 bits per heavy atom. The Kier molecular flexibility index (Phi) is 8.92. The van der Waals surface area contributed by atoms with Crippen LogP contribution in [0.5, 0.6) is 0 Å². The first-order valence-electron chi connectivity index (χ1n) is 13.0. The minimum atomic E-state index is -0.827. The zero-order valence-corrected chi connectivity index (χ0v) is 21.7. The Bertz CT molecular complexity index is 1030. The second-order valence-electron chi connectivity index (χ2n) is 10.3. The van der Waals surface area contributed by atoms with Crippen molar-refractivity contribution in [2.75, 3.05) is 53.4 Å². The van der Waals surface area contributed by atoms with E-state index in [4.69, 9.17) is 5.73 Å². The Morgan fingerprint density at radius 1 is 0.861 bits per heavy atom. The van der Waals surface area contributed by atoms with E-state index >= 15 is 0 Å². The van der Waals surface area contributed by atoms with Crippen molar-refractivity contribution < 1.29 is 4.79 Å². The molecule has 0 spiro atoms. The van der Waals surface area contributed by atoms with Crippen molar-refractivity contribution in [3.63, 3.8) is 0 Å². The number of hydrogen-bond donors (Lipinski definition) is 1. The first-order chi connectivity index (χ1) is 17.5. The van der Waals surface area contributed by atoms with E-state index in [1.807, 2.05) is 36.4 Å². The third kappa shape index (κ3) is 6.04. The minimum absolute atomic E-state index is 0.129. The van der Waals surface area contributed by atoms with Gasteiger partial charge >= 0.3 is 0 Å². The van der Waals surface area contributed by atoms with E-state index in [2.05, 4.69) is 83.4 Å². The molecule has 2 N–H and O–H groups in total. The molecule has 36 heavy (non-hydrogen) atoms. The van der Waals surface area contributed by atoms with Crippen LogP contribution in [-0.4, -0.2) is 74.0 Å². The summed E-state index contributed by atoms with van der Waals surface area (Å²) in [7, 11) is 4.25. The Balaban J connectivity index is 1.51. The number of rotatable bonds is 12. The molecule has 3 aromatic carbocycles.